The molecule has 0 saturated carbocycles. The molecule has 3 nitrogen and oxygen atoms in total. The van der Waals surface area contributed by atoms with E-state index in [9.17, 15) is 9.90 Å². The largest absolute Gasteiger partial charge is 0.481 e. The molecule has 1 atom stereocenters. The number of hydrogen-bond donors (Lipinski definition) is 2. The quantitative estimate of drug-likeness (QED) is 0.623. The summed E-state index contributed by atoms with van der Waals surface area (Å²) in [5, 5.41) is 17.6. The standard InChI is InChI=1S/C10H18O3/c1-3-9(11)6-4-8(2)5-7-10(12)13/h4,9,11H,3,5-7H2,1-2H3,(H,12,13). The minimum Gasteiger partial charge on any atom is -0.481 e. The molecule has 0 aromatic heterocycles. The van der Waals surface area contributed by atoms with Gasteiger partial charge in [-0.25, -0.2) is 0 Å². The van der Waals surface area contributed by atoms with Crippen molar-refractivity contribution < 1.29 is 15.0 Å². The molecule has 0 bridgehead atoms. The van der Waals surface area contributed by atoms with Crippen LogP contribution in [0.2, 0.25) is 0 Å². The van der Waals surface area contributed by atoms with Gasteiger partial charge in [-0.15, -0.1) is 0 Å². The fourth-order valence-corrected chi connectivity index (χ4v) is 0.910. The Kier molecular flexibility index (Phi) is 6.24. The van der Waals surface area contributed by atoms with Gasteiger partial charge in [0.05, 0.1) is 6.10 Å². The summed E-state index contributed by atoms with van der Waals surface area (Å²) in [4.78, 5) is 10.2. The summed E-state index contributed by atoms with van der Waals surface area (Å²) in [6.07, 6.45) is 3.73. The number of aliphatic hydroxyl groups is 1. The van der Waals surface area contributed by atoms with Gasteiger partial charge in [0.2, 0.25) is 0 Å². The van der Waals surface area contributed by atoms with Gasteiger partial charge in [0, 0.05) is 6.42 Å². The van der Waals surface area contributed by atoms with Gasteiger partial charge in [0.15, 0.2) is 0 Å². The summed E-state index contributed by atoms with van der Waals surface area (Å²) in [5.41, 5.74) is 1.04. The Labute approximate surface area is 79.1 Å². The molecule has 3 heteroatoms. The van der Waals surface area contributed by atoms with Crippen LogP contribution < -0.4 is 0 Å². The van der Waals surface area contributed by atoms with Crippen LogP contribution >= 0.6 is 0 Å². The first-order valence-corrected chi connectivity index (χ1v) is 4.61. The lowest BCUT2D eigenvalue weighted by Crippen LogP contribution is -2.02. The molecular formula is C10H18O3. The van der Waals surface area contributed by atoms with Gasteiger partial charge in [-0.3, -0.25) is 4.79 Å². The van der Waals surface area contributed by atoms with Crippen molar-refractivity contribution in [2.24, 2.45) is 0 Å². The van der Waals surface area contributed by atoms with Crippen molar-refractivity contribution >= 4 is 5.97 Å². The zero-order valence-electron chi connectivity index (χ0n) is 8.29. The highest BCUT2D eigenvalue weighted by Gasteiger charge is 2.00. The van der Waals surface area contributed by atoms with Crippen LogP contribution in [0.4, 0.5) is 0 Å². The summed E-state index contributed by atoms with van der Waals surface area (Å²) < 4.78 is 0. The highest BCUT2D eigenvalue weighted by Crippen LogP contribution is 2.07. The number of rotatable bonds is 6. The molecule has 0 radical (unpaired) electrons. The van der Waals surface area contributed by atoms with Gasteiger partial charge in [-0.1, -0.05) is 18.6 Å². The highest BCUT2D eigenvalue weighted by atomic mass is 16.4. The topological polar surface area (TPSA) is 57.5 Å². The van der Waals surface area contributed by atoms with E-state index in [1.807, 2.05) is 19.9 Å². The fourth-order valence-electron chi connectivity index (χ4n) is 0.910. The number of carboxylic acid groups (broad SMARTS) is 1. The molecule has 0 spiro atoms. The number of carboxylic acids is 1. The molecule has 2 N–H and O–H groups in total. The maximum atomic E-state index is 10.2. The van der Waals surface area contributed by atoms with Crippen LogP contribution in [0.5, 0.6) is 0 Å². The van der Waals surface area contributed by atoms with Crippen LogP contribution in [0.15, 0.2) is 11.6 Å². The van der Waals surface area contributed by atoms with Crippen molar-refractivity contribution in [2.45, 2.75) is 45.6 Å². The van der Waals surface area contributed by atoms with Crippen LogP contribution in [0.3, 0.4) is 0 Å². The maximum Gasteiger partial charge on any atom is 0.303 e. The van der Waals surface area contributed by atoms with Gasteiger partial charge in [-0.05, 0) is 26.2 Å². The van der Waals surface area contributed by atoms with E-state index in [2.05, 4.69) is 0 Å². The van der Waals surface area contributed by atoms with Crippen molar-refractivity contribution in [3.05, 3.63) is 11.6 Å². The van der Waals surface area contributed by atoms with Gasteiger partial charge in [0.1, 0.15) is 0 Å². The lowest BCUT2D eigenvalue weighted by atomic mass is 10.1. The molecule has 0 aliphatic heterocycles. The van der Waals surface area contributed by atoms with Crippen molar-refractivity contribution in [1.82, 2.24) is 0 Å². The van der Waals surface area contributed by atoms with Crippen molar-refractivity contribution in [3.63, 3.8) is 0 Å². The van der Waals surface area contributed by atoms with Crippen molar-refractivity contribution in [3.8, 4) is 0 Å². The molecule has 76 valence electrons. The summed E-state index contributed by atoms with van der Waals surface area (Å²) in [5.74, 6) is -0.774. The molecule has 0 aromatic rings. The Morgan fingerprint density at radius 2 is 2.08 bits per heavy atom. The van der Waals surface area contributed by atoms with Crippen molar-refractivity contribution in [1.29, 1.82) is 0 Å². The van der Waals surface area contributed by atoms with E-state index in [1.54, 1.807) is 0 Å². The first kappa shape index (κ1) is 12.2. The molecule has 0 amide bonds. The van der Waals surface area contributed by atoms with E-state index < -0.39 is 5.97 Å². The third-order valence-corrected chi connectivity index (χ3v) is 1.94. The van der Waals surface area contributed by atoms with E-state index in [-0.39, 0.29) is 12.5 Å². The molecule has 13 heavy (non-hydrogen) atoms. The van der Waals surface area contributed by atoms with E-state index in [4.69, 9.17) is 5.11 Å². The Morgan fingerprint density at radius 3 is 2.54 bits per heavy atom. The molecular weight excluding hydrogens is 168 g/mol. The second kappa shape index (κ2) is 6.66. The Hall–Kier alpha value is -0.830. The van der Waals surface area contributed by atoms with E-state index in [1.165, 1.54) is 0 Å². The summed E-state index contributed by atoms with van der Waals surface area (Å²) in [7, 11) is 0. The SMILES string of the molecule is CCC(O)CC=C(C)CCC(=O)O. The minimum atomic E-state index is -0.774. The van der Waals surface area contributed by atoms with E-state index in [0.717, 1.165) is 12.0 Å². The Bertz CT molecular complexity index is 185. The molecule has 0 saturated heterocycles. The summed E-state index contributed by atoms with van der Waals surface area (Å²) >= 11 is 0. The van der Waals surface area contributed by atoms with Crippen LogP contribution in [-0.2, 0) is 4.79 Å². The minimum absolute atomic E-state index is 0.171. The predicted molar refractivity (Wildman–Crippen MR) is 51.5 cm³/mol. The zero-order chi connectivity index (χ0) is 10.3. The molecule has 0 heterocycles. The molecule has 0 fully saturated rings. The predicted octanol–water partition coefficient (Wildman–Crippen LogP) is 1.96. The number of aliphatic hydroxyl groups excluding tert-OH is 1. The van der Waals surface area contributed by atoms with Crippen LogP contribution in [0.1, 0.15) is 39.5 Å². The molecule has 0 aliphatic carbocycles. The Morgan fingerprint density at radius 1 is 1.46 bits per heavy atom. The lowest BCUT2D eigenvalue weighted by Gasteiger charge is -2.04. The number of hydrogen-bond acceptors (Lipinski definition) is 2. The second-order valence-corrected chi connectivity index (χ2v) is 3.24. The van der Waals surface area contributed by atoms with Crippen LogP contribution in [-0.4, -0.2) is 22.3 Å². The van der Waals surface area contributed by atoms with Gasteiger partial charge in [-0.2, -0.15) is 0 Å². The normalized spacial score (nSPS) is 14.2. The smallest absolute Gasteiger partial charge is 0.303 e. The van der Waals surface area contributed by atoms with Gasteiger partial charge < -0.3 is 10.2 Å². The number of aliphatic carboxylic acids is 1. The van der Waals surface area contributed by atoms with Gasteiger partial charge >= 0.3 is 5.97 Å². The first-order valence-electron chi connectivity index (χ1n) is 4.61. The number of allylic oxidation sites excluding steroid dienone is 1. The molecule has 1 unspecified atom stereocenters. The maximum absolute atomic E-state index is 10.2. The van der Waals surface area contributed by atoms with Crippen LogP contribution in [0.25, 0.3) is 0 Å². The Balaban J connectivity index is 3.68. The van der Waals surface area contributed by atoms with Crippen molar-refractivity contribution in [2.75, 3.05) is 0 Å². The third-order valence-electron chi connectivity index (χ3n) is 1.94. The first-order chi connectivity index (χ1) is 6.06. The fraction of sp³-hybridized carbons (Fsp3) is 0.700. The second-order valence-electron chi connectivity index (χ2n) is 3.24. The zero-order valence-corrected chi connectivity index (χ0v) is 8.29. The van der Waals surface area contributed by atoms with E-state index >= 15 is 0 Å². The molecule has 0 rings (SSSR count). The van der Waals surface area contributed by atoms with E-state index in [0.29, 0.717) is 12.8 Å². The average molecular weight is 186 g/mol. The average Bonchev–Trinajstić information content (AvgIpc) is 2.10. The third kappa shape index (κ3) is 7.53. The molecule has 0 aromatic carbocycles. The number of carbonyl (C=O) groups is 1. The summed E-state index contributed by atoms with van der Waals surface area (Å²) in [6, 6.07) is 0. The molecule has 0 aliphatic rings. The monoisotopic (exact) mass is 186 g/mol. The highest BCUT2D eigenvalue weighted by molar-refractivity contribution is 5.66. The van der Waals surface area contributed by atoms with Gasteiger partial charge in [0.25, 0.3) is 0 Å². The summed E-state index contributed by atoms with van der Waals surface area (Å²) in [6.45, 7) is 3.82. The lowest BCUT2D eigenvalue weighted by molar-refractivity contribution is -0.136. The van der Waals surface area contributed by atoms with Crippen LogP contribution in [0, 0.1) is 0 Å².